The third-order valence-corrected chi connectivity index (χ3v) is 6.80. The lowest BCUT2D eigenvalue weighted by Gasteiger charge is -2.39. The first-order valence-corrected chi connectivity index (χ1v) is 8.80. The number of aliphatic hydroxyl groups excluding tert-OH is 1. The van der Waals surface area contributed by atoms with Crippen molar-refractivity contribution < 1.29 is 5.11 Å². The molecule has 0 aromatic heterocycles. The zero-order chi connectivity index (χ0) is 13.6. The summed E-state index contributed by atoms with van der Waals surface area (Å²) in [5, 5.41) is 10.4. The Labute approximate surface area is 123 Å². The molecule has 0 atom stereocenters. The van der Waals surface area contributed by atoms with Crippen LogP contribution in [0, 0.1) is 10.8 Å². The minimum Gasteiger partial charge on any atom is -0.390 e. The van der Waals surface area contributed by atoms with E-state index in [2.05, 4.69) is 9.80 Å². The fourth-order valence-corrected chi connectivity index (χ4v) is 5.19. The van der Waals surface area contributed by atoms with Crippen LogP contribution in [0.3, 0.4) is 0 Å². The maximum absolute atomic E-state index is 10.4. The minimum absolute atomic E-state index is 0.138. The summed E-state index contributed by atoms with van der Waals surface area (Å²) >= 11 is 0. The van der Waals surface area contributed by atoms with E-state index in [4.69, 9.17) is 0 Å². The molecule has 1 N–H and O–H groups in total. The van der Waals surface area contributed by atoms with Gasteiger partial charge in [0.05, 0.1) is 6.10 Å². The fourth-order valence-electron chi connectivity index (χ4n) is 5.19. The molecule has 4 aliphatic rings. The summed E-state index contributed by atoms with van der Waals surface area (Å²) in [6.45, 7) is 6.78. The highest BCUT2D eigenvalue weighted by Gasteiger charge is 2.44. The van der Waals surface area contributed by atoms with E-state index < -0.39 is 0 Å². The van der Waals surface area contributed by atoms with E-state index in [1.165, 1.54) is 77.5 Å². The highest BCUT2D eigenvalue weighted by atomic mass is 16.3. The topological polar surface area (TPSA) is 26.7 Å². The lowest BCUT2D eigenvalue weighted by Crippen LogP contribution is -2.41. The lowest BCUT2D eigenvalue weighted by molar-refractivity contribution is 0.0661. The maximum atomic E-state index is 10.4. The van der Waals surface area contributed by atoms with Gasteiger partial charge in [-0.2, -0.15) is 0 Å². The Morgan fingerprint density at radius 1 is 0.750 bits per heavy atom. The lowest BCUT2D eigenvalue weighted by atomic mass is 9.68. The molecule has 0 amide bonds. The van der Waals surface area contributed by atoms with Gasteiger partial charge in [-0.05, 0) is 62.4 Å². The van der Waals surface area contributed by atoms with Crippen LogP contribution in [0.4, 0.5) is 0 Å². The van der Waals surface area contributed by atoms with Gasteiger partial charge in [-0.3, -0.25) is 0 Å². The molecule has 2 saturated heterocycles. The average molecular weight is 278 g/mol. The van der Waals surface area contributed by atoms with Crippen molar-refractivity contribution in [2.45, 2.75) is 57.5 Å². The predicted octanol–water partition coefficient (Wildman–Crippen LogP) is 2.10. The molecule has 3 nitrogen and oxygen atoms in total. The molecule has 0 unspecified atom stereocenters. The molecule has 3 heteroatoms. The van der Waals surface area contributed by atoms with Crippen LogP contribution >= 0.6 is 0 Å². The second-order valence-electron chi connectivity index (χ2n) is 8.33. The van der Waals surface area contributed by atoms with Crippen LogP contribution < -0.4 is 0 Å². The molecule has 2 saturated carbocycles. The number of aliphatic hydroxyl groups is 1. The first-order valence-electron chi connectivity index (χ1n) is 8.80. The van der Waals surface area contributed by atoms with E-state index in [1.807, 2.05) is 0 Å². The van der Waals surface area contributed by atoms with Gasteiger partial charge in [-0.1, -0.05) is 12.8 Å². The molecule has 2 spiro atoms. The van der Waals surface area contributed by atoms with Crippen LogP contribution in [0.1, 0.15) is 51.4 Å². The van der Waals surface area contributed by atoms with Gasteiger partial charge in [0, 0.05) is 26.2 Å². The molecule has 0 radical (unpaired) electrons. The summed E-state index contributed by atoms with van der Waals surface area (Å²) in [5.41, 5.74) is 1.34. The average Bonchev–Trinajstić information content (AvgIpc) is 2.92. The zero-order valence-corrected chi connectivity index (χ0v) is 12.8. The summed E-state index contributed by atoms with van der Waals surface area (Å²) in [7, 11) is 0. The zero-order valence-electron chi connectivity index (χ0n) is 12.8. The van der Waals surface area contributed by atoms with E-state index >= 15 is 0 Å². The summed E-state index contributed by atoms with van der Waals surface area (Å²) < 4.78 is 0. The summed E-state index contributed by atoms with van der Waals surface area (Å²) in [4.78, 5) is 5.05. The number of hydrogen-bond acceptors (Lipinski definition) is 3. The van der Waals surface area contributed by atoms with Gasteiger partial charge >= 0.3 is 0 Å². The Morgan fingerprint density at radius 2 is 1.20 bits per heavy atom. The molecule has 114 valence electrons. The largest absolute Gasteiger partial charge is 0.390 e. The summed E-state index contributed by atoms with van der Waals surface area (Å²) in [5.74, 6) is 0. The van der Waals surface area contributed by atoms with Gasteiger partial charge in [0.2, 0.25) is 0 Å². The maximum Gasteiger partial charge on any atom is 0.0793 e. The van der Waals surface area contributed by atoms with E-state index in [0.29, 0.717) is 10.8 Å². The molecule has 0 bridgehead atoms. The Kier molecular flexibility index (Phi) is 3.36. The summed E-state index contributed by atoms with van der Waals surface area (Å²) in [6.07, 6.45) is 11.3. The van der Waals surface area contributed by atoms with Crippen molar-refractivity contribution in [3.8, 4) is 0 Å². The van der Waals surface area contributed by atoms with Crippen molar-refractivity contribution in [1.29, 1.82) is 0 Å². The van der Waals surface area contributed by atoms with Crippen molar-refractivity contribution in [3.05, 3.63) is 0 Å². The molecule has 2 heterocycles. The molecule has 2 aliphatic carbocycles. The number of β-amino-alcohol motifs (C(OH)–C–C–N with tert-alkyl or cyclic N) is 1. The third kappa shape index (κ3) is 2.42. The Balaban J connectivity index is 1.22. The van der Waals surface area contributed by atoms with Crippen molar-refractivity contribution in [2.75, 3.05) is 39.3 Å². The number of hydrogen-bond donors (Lipinski definition) is 1. The van der Waals surface area contributed by atoms with E-state index in [9.17, 15) is 5.11 Å². The molecule has 0 aromatic rings. The SMILES string of the molecule is OC(CN1CCC2(CCC2)C1)CN1CCC2(CCC2)C1. The standard InChI is InChI=1S/C17H30N2O/c20-15(11-18-9-7-16(13-18)3-1-4-16)12-19-10-8-17(14-19)5-2-6-17/h15,20H,1-14H2. The molecule has 2 aliphatic heterocycles. The van der Waals surface area contributed by atoms with E-state index in [0.717, 1.165) is 13.1 Å². The normalized spacial score (nSPS) is 32.1. The molecule has 0 aromatic carbocycles. The third-order valence-electron chi connectivity index (χ3n) is 6.80. The second kappa shape index (κ2) is 4.96. The van der Waals surface area contributed by atoms with Gasteiger partial charge in [-0.25, -0.2) is 0 Å². The van der Waals surface area contributed by atoms with Crippen LogP contribution in [-0.4, -0.2) is 60.3 Å². The van der Waals surface area contributed by atoms with Crippen molar-refractivity contribution in [3.63, 3.8) is 0 Å². The first-order chi connectivity index (χ1) is 9.67. The van der Waals surface area contributed by atoms with Crippen LogP contribution in [0.25, 0.3) is 0 Å². The Hall–Kier alpha value is -0.120. The van der Waals surface area contributed by atoms with Gasteiger partial charge in [-0.15, -0.1) is 0 Å². The van der Waals surface area contributed by atoms with Crippen LogP contribution in [-0.2, 0) is 0 Å². The van der Waals surface area contributed by atoms with Crippen molar-refractivity contribution >= 4 is 0 Å². The van der Waals surface area contributed by atoms with Gasteiger partial charge in [0.25, 0.3) is 0 Å². The minimum atomic E-state index is -0.138. The molecule has 4 fully saturated rings. The molecular formula is C17H30N2O. The number of likely N-dealkylation sites (tertiary alicyclic amines) is 2. The monoisotopic (exact) mass is 278 g/mol. The van der Waals surface area contributed by atoms with Crippen molar-refractivity contribution in [2.24, 2.45) is 10.8 Å². The van der Waals surface area contributed by atoms with Crippen LogP contribution in [0.15, 0.2) is 0 Å². The number of nitrogens with zero attached hydrogens (tertiary/aromatic N) is 2. The highest BCUT2D eigenvalue weighted by Crippen LogP contribution is 2.49. The number of rotatable bonds is 4. The fraction of sp³-hybridized carbons (Fsp3) is 1.00. The summed E-state index contributed by atoms with van der Waals surface area (Å²) in [6, 6.07) is 0. The highest BCUT2D eigenvalue weighted by molar-refractivity contribution is 4.98. The predicted molar refractivity (Wildman–Crippen MR) is 80.7 cm³/mol. The van der Waals surface area contributed by atoms with Gasteiger partial charge in [0.15, 0.2) is 0 Å². The Morgan fingerprint density at radius 3 is 1.50 bits per heavy atom. The Bertz CT molecular complexity index is 328. The molecule has 4 rings (SSSR count). The van der Waals surface area contributed by atoms with Crippen LogP contribution in [0.2, 0.25) is 0 Å². The van der Waals surface area contributed by atoms with Gasteiger partial charge in [0.1, 0.15) is 0 Å². The van der Waals surface area contributed by atoms with Crippen LogP contribution in [0.5, 0.6) is 0 Å². The van der Waals surface area contributed by atoms with E-state index in [-0.39, 0.29) is 6.10 Å². The molecular weight excluding hydrogens is 248 g/mol. The van der Waals surface area contributed by atoms with Crippen molar-refractivity contribution in [1.82, 2.24) is 9.80 Å². The second-order valence-corrected chi connectivity index (χ2v) is 8.33. The smallest absolute Gasteiger partial charge is 0.0793 e. The first kappa shape index (κ1) is 13.5. The quantitative estimate of drug-likeness (QED) is 0.853. The van der Waals surface area contributed by atoms with Gasteiger partial charge < -0.3 is 14.9 Å². The van der Waals surface area contributed by atoms with E-state index in [1.54, 1.807) is 0 Å². The molecule has 20 heavy (non-hydrogen) atoms.